The number of ether oxygens (including phenoxy) is 1. The molecule has 190 valence electrons. The number of aromatic nitrogens is 3. The first-order valence-electron chi connectivity index (χ1n) is 12.5. The zero-order valence-corrected chi connectivity index (χ0v) is 24.0. The van der Waals surface area contributed by atoms with Crippen molar-refractivity contribution in [1.29, 1.82) is 0 Å². The van der Waals surface area contributed by atoms with Gasteiger partial charge in [-0.05, 0) is 72.8 Å². The summed E-state index contributed by atoms with van der Waals surface area (Å²) in [4.78, 5) is 13.0. The number of aryl methyl sites for hydroxylation is 3. The van der Waals surface area contributed by atoms with Crippen LogP contribution in [0.25, 0.3) is 11.0 Å². The fourth-order valence-electron chi connectivity index (χ4n) is 4.25. The van der Waals surface area contributed by atoms with Crippen LogP contribution in [0.1, 0.15) is 68.4 Å². The lowest BCUT2D eigenvalue weighted by molar-refractivity contribution is -0.147. The highest BCUT2D eigenvalue weighted by atomic mass is 28.4. The van der Waals surface area contributed by atoms with Crippen LogP contribution in [0.15, 0.2) is 30.3 Å². The minimum atomic E-state index is -1.90. The molecular formula is C28H41N3O3Si. The third-order valence-electron chi connectivity index (χ3n) is 7.70. The molecule has 1 unspecified atom stereocenters. The van der Waals surface area contributed by atoms with Crippen LogP contribution in [-0.4, -0.2) is 35.9 Å². The average Bonchev–Trinajstić information content (AvgIpc) is 3.16. The minimum absolute atomic E-state index is 0.142. The first-order valence-corrected chi connectivity index (χ1v) is 15.4. The maximum atomic E-state index is 13.0. The summed E-state index contributed by atoms with van der Waals surface area (Å²) in [5, 5.41) is 8.72. The van der Waals surface area contributed by atoms with Crippen LogP contribution in [0.5, 0.6) is 0 Å². The maximum absolute atomic E-state index is 13.0. The van der Waals surface area contributed by atoms with Gasteiger partial charge in [-0.2, -0.15) is 0 Å². The van der Waals surface area contributed by atoms with Gasteiger partial charge >= 0.3 is 5.97 Å². The molecule has 0 fully saturated rings. The van der Waals surface area contributed by atoms with Crippen molar-refractivity contribution in [2.45, 2.75) is 79.1 Å². The topological polar surface area (TPSA) is 66.2 Å². The van der Waals surface area contributed by atoms with Crippen LogP contribution >= 0.6 is 0 Å². The fourth-order valence-corrected chi connectivity index (χ4v) is 5.20. The van der Waals surface area contributed by atoms with E-state index in [1.54, 1.807) is 4.68 Å². The summed E-state index contributed by atoms with van der Waals surface area (Å²) < 4.78 is 13.8. The van der Waals surface area contributed by atoms with Crippen LogP contribution in [0.2, 0.25) is 18.1 Å². The third-order valence-corrected chi connectivity index (χ3v) is 12.2. The van der Waals surface area contributed by atoms with Gasteiger partial charge in [0.1, 0.15) is 5.52 Å². The molecule has 0 saturated carbocycles. The van der Waals surface area contributed by atoms with Crippen LogP contribution < -0.4 is 0 Å². The normalized spacial score (nSPS) is 14.2. The van der Waals surface area contributed by atoms with E-state index in [9.17, 15) is 4.79 Å². The van der Waals surface area contributed by atoms with Crippen molar-refractivity contribution in [3.05, 3.63) is 58.1 Å². The molecule has 0 saturated heterocycles. The summed E-state index contributed by atoms with van der Waals surface area (Å²) in [6, 6.07) is 10.6. The van der Waals surface area contributed by atoms with E-state index in [4.69, 9.17) is 9.16 Å². The lowest BCUT2D eigenvalue weighted by Crippen LogP contribution is -2.40. The van der Waals surface area contributed by atoms with E-state index in [0.29, 0.717) is 13.2 Å². The molecule has 0 aliphatic heterocycles. The molecule has 0 bridgehead atoms. The maximum Gasteiger partial charge on any atom is 0.309 e. The summed E-state index contributed by atoms with van der Waals surface area (Å²) in [6.45, 7) is 20.2. The molecule has 0 aliphatic rings. The number of benzene rings is 2. The van der Waals surface area contributed by atoms with Crippen LogP contribution in [-0.2, 0) is 27.6 Å². The summed E-state index contributed by atoms with van der Waals surface area (Å²) in [7, 11) is -0.00769. The van der Waals surface area contributed by atoms with Crippen molar-refractivity contribution in [2.24, 2.45) is 13.0 Å². The van der Waals surface area contributed by atoms with Gasteiger partial charge in [-0.25, -0.2) is 4.68 Å². The molecule has 0 radical (unpaired) electrons. The minimum Gasteiger partial charge on any atom is -0.466 e. The number of carbonyl (C=O) groups excluding carboxylic acids is 1. The SMILES string of the molecule is CCOC(=O)C(C)[C@H](c1ccc(C)c(CO[Si](C)(C)C(C)(C)C)c1)c1ccc2c(nnn2C)c1C. The van der Waals surface area contributed by atoms with Gasteiger partial charge in [-0.15, -0.1) is 5.10 Å². The summed E-state index contributed by atoms with van der Waals surface area (Å²) in [6.07, 6.45) is 0. The number of hydrogen-bond donors (Lipinski definition) is 0. The summed E-state index contributed by atoms with van der Waals surface area (Å²) in [5.74, 6) is -0.733. The molecule has 2 atom stereocenters. The van der Waals surface area contributed by atoms with Crippen molar-refractivity contribution in [3.8, 4) is 0 Å². The predicted octanol–water partition coefficient (Wildman–Crippen LogP) is 6.44. The van der Waals surface area contributed by atoms with E-state index in [1.807, 2.05) is 27.0 Å². The largest absolute Gasteiger partial charge is 0.466 e. The van der Waals surface area contributed by atoms with Crippen LogP contribution in [0.4, 0.5) is 0 Å². The first-order chi connectivity index (χ1) is 16.3. The Hall–Kier alpha value is -2.51. The highest BCUT2D eigenvalue weighted by Gasteiger charge is 2.37. The Morgan fingerprint density at radius 3 is 2.46 bits per heavy atom. The second-order valence-corrected chi connectivity index (χ2v) is 15.9. The van der Waals surface area contributed by atoms with Crippen molar-refractivity contribution < 1.29 is 14.0 Å². The monoisotopic (exact) mass is 495 g/mol. The molecule has 1 aromatic heterocycles. The molecule has 1 heterocycles. The van der Waals surface area contributed by atoms with Crippen molar-refractivity contribution >= 4 is 25.3 Å². The Kier molecular flexibility index (Phi) is 7.92. The molecular weight excluding hydrogens is 454 g/mol. The van der Waals surface area contributed by atoms with Gasteiger partial charge in [-0.1, -0.05) is 57.2 Å². The standard InChI is InChI=1S/C28H41N3O3Si/c1-11-33-27(32)20(4)25(23-14-15-24-26(19(23)3)29-30-31(24)8)21-13-12-18(2)22(16-21)17-34-35(9,10)28(5,6)7/h12-16,20,25H,11,17H2,1-10H3/t20?,25-/m1/s1. The van der Waals surface area contributed by atoms with Gasteiger partial charge in [-0.3, -0.25) is 4.79 Å². The Balaban J connectivity index is 2.09. The van der Waals surface area contributed by atoms with E-state index in [1.165, 1.54) is 5.56 Å². The molecule has 3 aromatic rings. The number of rotatable bonds is 8. The van der Waals surface area contributed by atoms with E-state index in [0.717, 1.165) is 33.3 Å². The van der Waals surface area contributed by atoms with E-state index >= 15 is 0 Å². The number of esters is 1. The Labute approximate surface area is 211 Å². The van der Waals surface area contributed by atoms with Gasteiger partial charge in [0.25, 0.3) is 0 Å². The van der Waals surface area contributed by atoms with Crippen molar-refractivity contribution in [2.75, 3.05) is 6.61 Å². The smallest absolute Gasteiger partial charge is 0.309 e. The van der Waals surface area contributed by atoms with Crippen molar-refractivity contribution in [3.63, 3.8) is 0 Å². The number of nitrogens with zero attached hydrogens (tertiary/aromatic N) is 3. The molecule has 0 spiro atoms. The van der Waals surface area contributed by atoms with E-state index in [-0.39, 0.29) is 22.8 Å². The quantitative estimate of drug-likeness (QED) is 0.266. The van der Waals surface area contributed by atoms with Crippen LogP contribution in [0.3, 0.4) is 0 Å². The molecule has 0 amide bonds. The molecule has 3 rings (SSSR count). The molecule has 6 nitrogen and oxygen atoms in total. The van der Waals surface area contributed by atoms with Gasteiger partial charge in [0.15, 0.2) is 8.32 Å². The Bertz CT molecular complexity index is 1210. The molecule has 35 heavy (non-hydrogen) atoms. The highest BCUT2D eigenvalue weighted by molar-refractivity contribution is 6.74. The second-order valence-electron chi connectivity index (χ2n) is 11.1. The lowest BCUT2D eigenvalue weighted by atomic mass is 9.79. The number of hydrogen-bond acceptors (Lipinski definition) is 5. The summed E-state index contributed by atoms with van der Waals surface area (Å²) >= 11 is 0. The number of fused-ring (bicyclic) bond motifs is 1. The Morgan fingerprint density at radius 1 is 1.14 bits per heavy atom. The molecule has 7 heteroatoms. The summed E-state index contributed by atoms with van der Waals surface area (Å²) in [5.41, 5.74) is 7.37. The first kappa shape index (κ1) is 27.1. The molecule has 0 aliphatic carbocycles. The van der Waals surface area contributed by atoms with E-state index in [2.05, 4.69) is 82.3 Å². The second kappa shape index (κ2) is 10.2. The molecule has 0 N–H and O–H groups in total. The lowest BCUT2D eigenvalue weighted by Gasteiger charge is -2.36. The number of carbonyl (C=O) groups is 1. The van der Waals surface area contributed by atoms with Gasteiger partial charge < -0.3 is 9.16 Å². The van der Waals surface area contributed by atoms with Crippen LogP contribution in [0, 0.1) is 19.8 Å². The van der Waals surface area contributed by atoms with Crippen molar-refractivity contribution in [1.82, 2.24) is 15.0 Å². The Morgan fingerprint density at radius 2 is 1.83 bits per heavy atom. The van der Waals surface area contributed by atoms with E-state index < -0.39 is 8.32 Å². The predicted molar refractivity (Wildman–Crippen MR) is 144 cm³/mol. The zero-order valence-electron chi connectivity index (χ0n) is 23.0. The average molecular weight is 496 g/mol. The van der Waals surface area contributed by atoms with Gasteiger partial charge in [0.2, 0.25) is 0 Å². The molecule has 2 aromatic carbocycles. The van der Waals surface area contributed by atoms with Gasteiger partial charge in [0, 0.05) is 13.0 Å². The highest BCUT2D eigenvalue weighted by Crippen LogP contribution is 2.39. The third kappa shape index (κ3) is 5.51. The fraction of sp³-hybridized carbons (Fsp3) is 0.536. The zero-order chi connectivity index (χ0) is 26.1. The van der Waals surface area contributed by atoms with Gasteiger partial charge in [0.05, 0.1) is 24.6 Å².